The standard InChI is InChI=1S/C13H13ClN2O2/c1-16(2)10-5-3-9(4-6-10)15-13(17)11-7-8-18-12(11)14/h3-8H,1-2H3,(H,15,17). The molecule has 1 N–H and O–H groups in total. The molecular weight excluding hydrogens is 252 g/mol. The molecule has 1 heterocycles. The third-order valence-corrected chi connectivity index (χ3v) is 2.80. The number of benzene rings is 1. The Morgan fingerprint density at radius 1 is 1.22 bits per heavy atom. The zero-order valence-corrected chi connectivity index (χ0v) is 10.9. The van der Waals surface area contributed by atoms with Crippen molar-refractivity contribution in [2.24, 2.45) is 0 Å². The lowest BCUT2D eigenvalue weighted by atomic mass is 10.2. The first kappa shape index (κ1) is 12.5. The van der Waals surface area contributed by atoms with Gasteiger partial charge in [0.15, 0.2) is 0 Å². The molecule has 0 aliphatic carbocycles. The summed E-state index contributed by atoms with van der Waals surface area (Å²) >= 11 is 5.73. The van der Waals surface area contributed by atoms with Gasteiger partial charge in [-0.2, -0.15) is 0 Å². The van der Waals surface area contributed by atoms with Gasteiger partial charge in [0, 0.05) is 25.5 Å². The number of rotatable bonds is 3. The van der Waals surface area contributed by atoms with E-state index in [1.807, 2.05) is 43.3 Å². The van der Waals surface area contributed by atoms with Gasteiger partial charge in [-0.3, -0.25) is 4.79 Å². The lowest BCUT2D eigenvalue weighted by Gasteiger charge is -2.12. The summed E-state index contributed by atoms with van der Waals surface area (Å²) in [7, 11) is 3.91. The van der Waals surface area contributed by atoms with E-state index in [-0.39, 0.29) is 11.1 Å². The molecule has 0 saturated heterocycles. The first-order valence-electron chi connectivity index (χ1n) is 5.39. The molecule has 0 fully saturated rings. The Morgan fingerprint density at radius 2 is 1.89 bits per heavy atom. The third-order valence-electron chi connectivity index (χ3n) is 2.50. The van der Waals surface area contributed by atoms with Crippen LogP contribution in [0.4, 0.5) is 11.4 Å². The highest BCUT2D eigenvalue weighted by molar-refractivity contribution is 6.32. The van der Waals surface area contributed by atoms with E-state index in [2.05, 4.69) is 5.32 Å². The Morgan fingerprint density at radius 3 is 2.39 bits per heavy atom. The van der Waals surface area contributed by atoms with Gasteiger partial charge in [-0.25, -0.2) is 0 Å². The first-order valence-corrected chi connectivity index (χ1v) is 5.77. The molecule has 18 heavy (non-hydrogen) atoms. The van der Waals surface area contributed by atoms with Crippen molar-refractivity contribution in [3.05, 3.63) is 47.4 Å². The van der Waals surface area contributed by atoms with Crippen molar-refractivity contribution in [1.29, 1.82) is 0 Å². The van der Waals surface area contributed by atoms with Crippen molar-refractivity contribution in [1.82, 2.24) is 0 Å². The molecule has 1 amide bonds. The smallest absolute Gasteiger partial charge is 0.260 e. The lowest BCUT2D eigenvalue weighted by Crippen LogP contribution is -2.12. The maximum Gasteiger partial charge on any atom is 0.260 e. The molecule has 4 nitrogen and oxygen atoms in total. The molecule has 2 aromatic rings. The predicted molar refractivity (Wildman–Crippen MR) is 72.4 cm³/mol. The van der Waals surface area contributed by atoms with E-state index in [1.165, 1.54) is 12.3 Å². The lowest BCUT2D eigenvalue weighted by molar-refractivity contribution is 0.102. The summed E-state index contributed by atoms with van der Waals surface area (Å²) in [5, 5.41) is 2.84. The Balaban J connectivity index is 2.10. The van der Waals surface area contributed by atoms with E-state index in [0.29, 0.717) is 11.3 Å². The third kappa shape index (κ3) is 2.65. The molecule has 5 heteroatoms. The van der Waals surface area contributed by atoms with Gasteiger partial charge in [0.1, 0.15) is 0 Å². The van der Waals surface area contributed by atoms with Crippen LogP contribution in [0.1, 0.15) is 10.4 Å². The van der Waals surface area contributed by atoms with Crippen molar-refractivity contribution in [2.45, 2.75) is 0 Å². The molecule has 1 aromatic carbocycles. The van der Waals surface area contributed by atoms with Crippen LogP contribution in [0.15, 0.2) is 41.0 Å². The Bertz CT molecular complexity index is 546. The van der Waals surface area contributed by atoms with Gasteiger partial charge in [0.25, 0.3) is 5.91 Å². The van der Waals surface area contributed by atoms with E-state index in [9.17, 15) is 4.79 Å². The average molecular weight is 265 g/mol. The molecule has 1 aromatic heterocycles. The average Bonchev–Trinajstić information content (AvgIpc) is 2.76. The van der Waals surface area contributed by atoms with E-state index < -0.39 is 0 Å². The van der Waals surface area contributed by atoms with Crippen molar-refractivity contribution < 1.29 is 9.21 Å². The SMILES string of the molecule is CN(C)c1ccc(NC(=O)c2ccoc2Cl)cc1. The monoisotopic (exact) mass is 264 g/mol. The largest absolute Gasteiger partial charge is 0.452 e. The summed E-state index contributed by atoms with van der Waals surface area (Å²) in [5.74, 6) is -0.286. The van der Waals surface area contributed by atoms with Gasteiger partial charge in [0.2, 0.25) is 5.22 Å². The summed E-state index contributed by atoms with van der Waals surface area (Å²) in [4.78, 5) is 13.8. The van der Waals surface area contributed by atoms with Gasteiger partial charge >= 0.3 is 0 Å². The topological polar surface area (TPSA) is 45.5 Å². The number of nitrogens with one attached hydrogen (secondary N) is 1. The number of halogens is 1. The quantitative estimate of drug-likeness (QED) is 0.926. The second-order valence-corrected chi connectivity index (χ2v) is 4.35. The normalized spacial score (nSPS) is 10.2. The van der Waals surface area contributed by atoms with Gasteiger partial charge < -0.3 is 14.6 Å². The number of amides is 1. The number of carbonyl (C=O) groups excluding carboxylic acids is 1. The molecule has 0 unspecified atom stereocenters. The zero-order chi connectivity index (χ0) is 13.1. The maximum atomic E-state index is 11.8. The van der Waals surface area contributed by atoms with E-state index >= 15 is 0 Å². The predicted octanol–water partition coefficient (Wildman–Crippen LogP) is 3.25. The molecule has 0 radical (unpaired) electrons. The van der Waals surface area contributed by atoms with Crippen LogP contribution in [-0.2, 0) is 0 Å². The van der Waals surface area contributed by atoms with Crippen molar-refractivity contribution in [2.75, 3.05) is 24.3 Å². The van der Waals surface area contributed by atoms with Gasteiger partial charge in [-0.15, -0.1) is 0 Å². The molecular formula is C13H13ClN2O2. The second kappa shape index (κ2) is 5.14. The molecule has 0 aliphatic rings. The van der Waals surface area contributed by atoms with Crippen LogP contribution in [0.5, 0.6) is 0 Å². The Hall–Kier alpha value is -1.94. The first-order chi connectivity index (χ1) is 8.58. The molecule has 2 rings (SSSR count). The number of hydrogen-bond donors (Lipinski definition) is 1. The van der Waals surface area contributed by atoms with Crippen LogP contribution < -0.4 is 10.2 Å². The Kier molecular flexibility index (Phi) is 3.58. The number of anilines is 2. The van der Waals surface area contributed by atoms with Gasteiger partial charge in [-0.05, 0) is 41.9 Å². The van der Waals surface area contributed by atoms with Gasteiger partial charge in [0.05, 0.1) is 11.8 Å². The second-order valence-electron chi connectivity index (χ2n) is 4.00. The van der Waals surface area contributed by atoms with E-state index in [1.54, 1.807) is 0 Å². The van der Waals surface area contributed by atoms with Crippen LogP contribution in [-0.4, -0.2) is 20.0 Å². The summed E-state index contributed by atoms with van der Waals surface area (Å²) in [6.45, 7) is 0. The van der Waals surface area contributed by atoms with Crippen LogP contribution in [0.2, 0.25) is 5.22 Å². The number of nitrogens with zero attached hydrogens (tertiary/aromatic N) is 1. The minimum absolute atomic E-state index is 0.0948. The van der Waals surface area contributed by atoms with Gasteiger partial charge in [-0.1, -0.05) is 0 Å². The minimum atomic E-state index is -0.286. The van der Waals surface area contributed by atoms with E-state index in [0.717, 1.165) is 5.69 Å². The fourth-order valence-corrected chi connectivity index (χ4v) is 1.70. The highest BCUT2D eigenvalue weighted by atomic mass is 35.5. The zero-order valence-electron chi connectivity index (χ0n) is 10.1. The highest BCUT2D eigenvalue weighted by Crippen LogP contribution is 2.20. The maximum absolute atomic E-state index is 11.8. The Labute approximate surface area is 110 Å². The summed E-state index contributed by atoms with van der Waals surface area (Å²) in [6, 6.07) is 9.05. The fourth-order valence-electron chi connectivity index (χ4n) is 1.50. The summed E-state index contributed by atoms with van der Waals surface area (Å²) in [5.41, 5.74) is 2.10. The van der Waals surface area contributed by atoms with Crippen LogP contribution in [0.3, 0.4) is 0 Å². The van der Waals surface area contributed by atoms with Crippen LogP contribution in [0, 0.1) is 0 Å². The minimum Gasteiger partial charge on any atom is -0.452 e. The molecule has 0 atom stereocenters. The molecule has 0 aliphatic heterocycles. The molecule has 0 spiro atoms. The summed E-state index contributed by atoms with van der Waals surface area (Å²) < 4.78 is 4.87. The molecule has 0 bridgehead atoms. The number of carbonyl (C=O) groups is 1. The highest BCUT2D eigenvalue weighted by Gasteiger charge is 2.12. The summed E-state index contributed by atoms with van der Waals surface area (Å²) in [6.07, 6.45) is 1.38. The van der Waals surface area contributed by atoms with Crippen LogP contribution in [0.25, 0.3) is 0 Å². The van der Waals surface area contributed by atoms with Crippen molar-refractivity contribution in [3.63, 3.8) is 0 Å². The van der Waals surface area contributed by atoms with E-state index in [4.69, 9.17) is 16.0 Å². The fraction of sp³-hybridized carbons (Fsp3) is 0.154. The molecule has 94 valence electrons. The molecule has 0 saturated carbocycles. The number of hydrogen-bond acceptors (Lipinski definition) is 3. The van der Waals surface area contributed by atoms with Crippen LogP contribution >= 0.6 is 11.6 Å². The number of furan rings is 1. The van der Waals surface area contributed by atoms with Crippen molar-refractivity contribution >= 4 is 28.9 Å². The van der Waals surface area contributed by atoms with Crippen molar-refractivity contribution in [3.8, 4) is 0 Å².